The van der Waals surface area contributed by atoms with E-state index in [2.05, 4.69) is 6.92 Å². The first-order valence-corrected chi connectivity index (χ1v) is 5.58. The zero-order valence-corrected chi connectivity index (χ0v) is 9.73. The van der Waals surface area contributed by atoms with E-state index >= 15 is 0 Å². The summed E-state index contributed by atoms with van der Waals surface area (Å²) in [6, 6.07) is 7.70. The van der Waals surface area contributed by atoms with E-state index in [1.54, 1.807) is 0 Å². The van der Waals surface area contributed by atoms with Crippen LogP contribution in [0, 0.1) is 0 Å². The van der Waals surface area contributed by atoms with Crippen LogP contribution in [0.3, 0.4) is 0 Å². The average Bonchev–Trinajstić information content (AvgIpc) is 2.18. The highest BCUT2D eigenvalue weighted by Gasteiger charge is 2.12. The number of rotatable bonds is 5. The van der Waals surface area contributed by atoms with Crippen molar-refractivity contribution in [2.45, 2.75) is 45.8 Å². The van der Waals surface area contributed by atoms with Crippen LogP contribution in [0.15, 0.2) is 24.3 Å². The van der Waals surface area contributed by atoms with Crippen LogP contribution in [-0.2, 0) is 0 Å². The zero-order chi connectivity index (χ0) is 11.3. The third-order valence-corrected chi connectivity index (χ3v) is 2.20. The van der Waals surface area contributed by atoms with Crippen molar-refractivity contribution in [3.8, 4) is 5.75 Å². The molecule has 0 aliphatic heterocycles. The smallest absolute Gasteiger partial charge is 0.125 e. The van der Waals surface area contributed by atoms with Gasteiger partial charge in [0.1, 0.15) is 5.75 Å². The summed E-state index contributed by atoms with van der Waals surface area (Å²) in [4.78, 5) is 0. The molecular weight excluding hydrogens is 188 g/mol. The molecule has 0 fully saturated rings. The number of para-hydroxylation sites is 1. The first-order valence-electron chi connectivity index (χ1n) is 5.58. The lowest BCUT2D eigenvalue weighted by atomic mass is 10.0. The van der Waals surface area contributed by atoms with Gasteiger partial charge in [-0.3, -0.25) is 0 Å². The first kappa shape index (κ1) is 12.1. The molecule has 0 aliphatic rings. The molecule has 1 aromatic carbocycles. The summed E-state index contributed by atoms with van der Waals surface area (Å²) >= 11 is 0. The Morgan fingerprint density at radius 2 is 1.93 bits per heavy atom. The Hall–Kier alpha value is -1.02. The molecule has 2 nitrogen and oxygen atoms in total. The van der Waals surface area contributed by atoms with E-state index in [1.807, 2.05) is 38.1 Å². The summed E-state index contributed by atoms with van der Waals surface area (Å²) in [6.07, 6.45) is 1.47. The molecule has 0 radical (unpaired) electrons. The highest BCUT2D eigenvalue weighted by molar-refractivity contribution is 5.35. The van der Waals surface area contributed by atoms with Gasteiger partial charge in [-0.05, 0) is 26.3 Å². The molecule has 0 saturated heterocycles. The Labute approximate surface area is 91.9 Å². The molecule has 0 unspecified atom stereocenters. The Morgan fingerprint density at radius 3 is 2.53 bits per heavy atom. The summed E-state index contributed by atoms with van der Waals surface area (Å²) < 4.78 is 5.65. The van der Waals surface area contributed by atoms with Crippen LogP contribution in [0.1, 0.15) is 45.3 Å². The van der Waals surface area contributed by atoms with Crippen LogP contribution < -0.4 is 4.74 Å². The average molecular weight is 208 g/mol. The maximum Gasteiger partial charge on any atom is 0.125 e. The summed E-state index contributed by atoms with van der Waals surface area (Å²) in [5.74, 6) is 0.799. The molecule has 1 N–H and O–H groups in total. The van der Waals surface area contributed by atoms with E-state index in [9.17, 15) is 5.11 Å². The van der Waals surface area contributed by atoms with Gasteiger partial charge in [0.25, 0.3) is 0 Å². The van der Waals surface area contributed by atoms with Crippen LogP contribution in [-0.4, -0.2) is 11.2 Å². The van der Waals surface area contributed by atoms with Crippen molar-refractivity contribution in [2.24, 2.45) is 0 Å². The molecule has 0 aromatic heterocycles. The van der Waals surface area contributed by atoms with Crippen LogP contribution in [0.25, 0.3) is 0 Å². The van der Waals surface area contributed by atoms with E-state index in [0.29, 0.717) is 0 Å². The number of ether oxygens (including phenoxy) is 1. The van der Waals surface area contributed by atoms with E-state index in [-0.39, 0.29) is 6.10 Å². The van der Waals surface area contributed by atoms with E-state index in [1.165, 1.54) is 0 Å². The number of hydrogen-bond acceptors (Lipinski definition) is 2. The summed E-state index contributed by atoms with van der Waals surface area (Å²) in [5.41, 5.74) is 0.896. The molecule has 0 bridgehead atoms. The Balaban J connectivity index is 2.85. The highest BCUT2D eigenvalue weighted by Crippen LogP contribution is 2.28. The second-order valence-corrected chi connectivity index (χ2v) is 4.01. The van der Waals surface area contributed by atoms with Crippen molar-refractivity contribution in [3.63, 3.8) is 0 Å². The van der Waals surface area contributed by atoms with Gasteiger partial charge >= 0.3 is 0 Å². The van der Waals surface area contributed by atoms with Crippen molar-refractivity contribution in [3.05, 3.63) is 29.8 Å². The topological polar surface area (TPSA) is 29.5 Å². The monoisotopic (exact) mass is 208 g/mol. The Morgan fingerprint density at radius 1 is 1.27 bits per heavy atom. The maximum absolute atomic E-state index is 9.93. The van der Waals surface area contributed by atoms with Gasteiger partial charge in [-0.2, -0.15) is 0 Å². The molecule has 1 aromatic rings. The molecule has 0 spiro atoms. The lowest BCUT2D eigenvalue weighted by Crippen LogP contribution is -2.09. The largest absolute Gasteiger partial charge is 0.491 e. The third kappa shape index (κ3) is 3.56. The van der Waals surface area contributed by atoms with Gasteiger partial charge in [-0.1, -0.05) is 31.5 Å². The molecule has 0 aliphatic carbocycles. The number of benzene rings is 1. The van der Waals surface area contributed by atoms with Gasteiger partial charge < -0.3 is 9.84 Å². The fraction of sp³-hybridized carbons (Fsp3) is 0.538. The summed E-state index contributed by atoms with van der Waals surface area (Å²) in [7, 11) is 0. The molecular formula is C13H20O2. The summed E-state index contributed by atoms with van der Waals surface area (Å²) in [5, 5.41) is 9.93. The Bertz CT molecular complexity index is 294. The van der Waals surface area contributed by atoms with Crippen LogP contribution in [0.4, 0.5) is 0 Å². The fourth-order valence-corrected chi connectivity index (χ4v) is 1.55. The van der Waals surface area contributed by atoms with Crippen molar-refractivity contribution < 1.29 is 9.84 Å². The van der Waals surface area contributed by atoms with Crippen LogP contribution in [0.5, 0.6) is 5.75 Å². The van der Waals surface area contributed by atoms with Gasteiger partial charge in [0.15, 0.2) is 0 Å². The molecule has 0 saturated carbocycles. The fourth-order valence-electron chi connectivity index (χ4n) is 1.55. The van der Waals surface area contributed by atoms with E-state index in [4.69, 9.17) is 4.74 Å². The lowest BCUT2D eigenvalue weighted by Gasteiger charge is -2.17. The maximum atomic E-state index is 9.93. The molecule has 0 amide bonds. The molecule has 84 valence electrons. The molecule has 15 heavy (non-hydrogen) atoms. The predicted octanol–water partition coefficient (Wildman–Crippen LogP) is 3.31. The minimum Gasteiger partial charge on any atom is -0.491 e. The molecule has 2 heteroatoms. The SMILES string of the molecule is CCC[C@@H](O)c1ccccc1OC(C)C. The van der Waals surface area contributed by atoms with Gasteiger partial charge in [0, 0.05) is 5.56 Å². The normalized spacial score (nSPS) is 12.9. The molecule has 0 heterocycles. The van der Waals surface area contributed by atoms with Crippen LogP contribution >= 0.6 is 0 Å². The number of aliphatic hydroxyl groups excluding tert-OH is 1. The van der Waals surface area contributed by atoms with E-state index in [0.717, 1.165) is 24.2 Å². The quantitative estimate of drug-likeness (QED) is 0.804. The Kier molecular flexibility index (Phi) is 4.63. The van der Waals surface area contributed by atoms with Gasteiger partial charge in [-0.25, -0.2) is 0 Å². The highest BCUT2D eigenvalue weighted by atomic mass is 16.5. The van der Waals surface area contributed by atoms with Crippen molar-refractivity contribution in [2.75, 3.05) is 0 Å². The van der Waals surface area contributed by atoms with Gasteiger partial charge in [-0.15, -0.1) is 0 Å². The van der Waals surface area contributed by atoms with Crippen molar-refractivity contribution >= 4 is 0 Å². The zero-order valence-electron chi connectivity index (χ0n) is 9.73. The second-order valence-electron chi connectivity index (χ2n) is 4.01. The van der Waals surface area contributed by atoms with Crippen molar-refractivity contribution in [1.82, 2.24) is 0 Å². The third-order valence-electron chi connectivity index (χ3n) is 2.20. The second kappa shape index (κ2) is 5.76. The first-order chi connectivity index (χ1) is 7.15. The number of hydrogen-bond donors (Lipinski definition) is 1. The molecule has 1 rings (SSSR count). The number of aliphatic hydroxyl groups is 1. The van der Waals surface area contributed by atoms with E-state index < -0.39 is 6.10 Å². The van der Waals surface area contributed by atoms with Gasteiger partial charge in [0.05, 0.1) is 12.2 Å². The van der Waals surface area contributed by atoms with Gasteiger partial charge in [0.2, 0.25) is 0 Å². The standard InChI is InChI=1S/C13H20O2/c1-4-7-12(14)11-8-5-6-9-13(11)15-10(2)3/h5-6,8-10,12,14H,4,7H2,1-3H3/t12-/m1/s1. The molecule has 1 atom stereocenters. The minimum absolute atomic E-state index is 0.139. The lowest BCUT2D eigenvalue weighted by molar-refractivity contribution is 0.155. The van der Waals surface area contributed by atoms with Crippen molar-refractivity contribution in [1.29, 1.82) is 0 Å². The van der Waals surface area contributed by atoms with Crippen LogP contribution in [0.2, 0.25) is 0 Å². The minimum atomic E-state index is -0.412. The summed E-state index contributed by atoms with van der Waals surface area (Å²) in [6.45, 7) is 6.04. The predicted molar refractivity (Wildman–Crippen MR) is 62.1 cm³/mol.